The first-order valence-electron chi connectivity index (χ1n) is 7.17. The van der Waals surface area contributed by atoms with E-state index in [1.54, 1.807) is 24.3 Å². The summed E-state index contributed by atoms with van der Waals surface area (Å²) in [6, 6.07) is 7.12. The summed E-state index contributed by atoms with van der Waals surface area (Å²) in [4.78, 5) is 26.0. The fourth-order valence-corrected chi connectivity index (χ4v) is 3.07. The molecule has 1 aliphatic heterocycles. The minimum Gasteiger partial charge on any atom is -0.337 e. The summed E-state index contributed by atoms with van der Waals surface area (Å²) in [5.41, 5.74) is 6.67. The Hall–Kier alpha value is -1.24. The van der Waals surface area contributed by atoms with Gasteiger partial charge in [-0.05, 0) is 31.2 Å². The van der Waals surface area contributed by atoms with Crippen LogP contribution in [-0.4, -0.2) is 47.9 Å². The standard InChI is InChI=1S/C15H21N3O2S.ClH/c16-6-2-5-14(19)17-13-4-1-3-12(11-13)15(20)18-7-9-21-10-8-18;/h1,3-4,11H,2,5-10,16H2,(H,17,19);1H. The number of benzene rings is 1. The third-order valence-electron chi connectivity index (χ3n) is 3.30. The molecule has 0 spiro atoms. The van der Waals surface area contributed by atoms with Crippen molar-refractivity contribution in [1.29, 1.82) is 0 Å². The van der Waals surface area contributed by atoms with Gasteiger partial charge >= 0.3 is 0 Å². The van der Waals surface area contributed by atoms with Gasteiger partial charge in [-0.3, -0.25) is 9.59 Å². The van der Waals surface area contributed by atoms with Crippen LogP contribution in [0.1, 0.15) is 23.2 Å². The molecule has 0 aliphatic carbocycles. The van der Waals surface area contributed by atoms with E-state index in [0.29, 0.717) is 30.6 Å². The van der Waals surface area contributed by atoms with Crippen molar-refractivity contribution in [2.45, 2.75) is 12.8 Å². The van der Waals surface area contributed by atoms with Gasteiger partial charge in [-0.15, -0.1) is 12.4 Å². The minimum absolute atomic E-state index is 0. The summed E-state index contributed by atoms with van der Waals surface area (Å²) in [5.74, 6) is 1.94. The highest BCUT2D eigenvalue weighted by Gasteiger charge is 2.18. The number of amides is 2. The predicted molar refractivity (Wildman–Crippen MR) is 93.8 cm³/mol. The molecule has 0 bridgehead atoms. The van der Waals surface area contributed by atoms with Gasteiger partial charge < -0.3 is 16.0 Å². The normalized spacial score (nSPS) is 14.1. The molecule has 0 radical (unpaired) electrons. The number of hydrogen-bond acceptors (Lipinski definition) is 4. The van der Waals surface area contributed by atoms with Crippen molar-refractivity contribution in [3.05, 3.63) is 29.8 Å². The Balaban J connectivity index is 0.00000242. The molecule has 122 valence electrons. The van der Waals surface area contributed by atoms with Gasteiger partial charge in [0.15, 0.2) is 0 Å². The number of carbonyl (C=O) groups excluding carboxylic acids is 2. The van der Waals surface area contributed by atoms with Crippen LogP contribution in [0.15, 0.2) is 24.3 Å². The van der Waals surface area contributed by atoms with Gasteiger partial charge in [0.1, 0.15) is 0 Å². The molecule has 1 aromatic carbocycles. The summed E-state index contributed by atoms with van der Waals surface area (Å²) in [6.45, 7) is 2.08. The van der Waals surface area contributed by atoms with Crippen molar-refractivity contribution < 1.29 is 9.59 Å². The number of carbonyl (C=O) groups is 2. The molecule has 1 fully saturated rings. The van der Waals surface area contributed by atoms with Gasteiger partial charge in [-0.25, -0.2) is 0 Å². The van der Waals surface area contributed by atoms with Gasteiger partial charge in [-0.2, -0.15) is 11.8 Å². The molecule has 3 N–H and O–H groups in total. The largest absolute Gasteiger partial charge is 0.337 e. The lowest BCUT2D eigenvalue weighted by Crippen LogP contribution is -2.37. The van der Waals surface area contributed by atoms with Crippen molar-refractivity contribution in [1.82, 2.24) is 4.90 Å². The maximum Gasteiger partial charge on any atom is 0.253 e. The Morgan fingerprint density at radius 2 is 2.00 bits per heavy atom. The van der Waals surface area contributed by atoms with E-state index >= 15 is 0 Å². The Morgan fingerprint density at radius 1 is 1.27 bits per heavy atom. The summed E-state index contributed by atoms with van der Waals surface area (Å²) >= 11 is 1.87. The van der Waals surface area contributed by atoms with Crippen molar-refractivity contribution in [2.75, 3.05) is 36.5 Å². The molecule has 1 aliphatic rings. The first-order valence-corrected chi connectivity index (χ1v) is 8.33. The molecule has 0 unspecified atom stereocenters. The summed E-state index contributed by atoms with van der Waals surface area (Å²) in [7, 11) is 0. The third kappa shape index (κ3) is 5.51. The molecule has 0 aromatic heterocycles. The number of nitrogens with one attached hydrogen (secondary N) is 1. The number of nitrogens with zero attached hydrogens (tertiary/aromatic N) is 1. The molecule has 7 heteroatoms. The Morgan fingerprint density at radius 3 is 2.68 bits per heavy atom. The lowest BCUT2D eigenvalue weighted by Gasteiger charge is -2.26. The SMILES string of the molecule is Cl.NCCCC(=O)Nc1cccc(C(=O)N2CCSCC2)c1. The first kappa shape index (κ1) is 18.8. The molecule has 1 saturated heterocycles. The molecule has 0 saturated carbocycles. The molecule has 1 aromatic rings. The maximum absolute atomic E-state index is 12.4. The van der Waals surface area contributed by atoms with E-state index in [-0.39, 0.29) is 24.2 Å². The molecular formula is C15H22ClN3O2S. The fourth-order valence-electron chi connectivity index (χ4n) is 2.17. The van der Waals surface area contributed by atoms with Crippen molar-refractivity contribution in [3.8, 4) is 0 Å². The topological polar surface area (TPSA) is 75.4 Å². The summed E-state index contributed by atoms with van der Waals surface area (Å²) in [5, 5.41) is 2.81. The van der Waals surface area contributed by atoms with E-state index in [2.05, 4.69) is 5.32 Å². The highest BCUT2D eigenvalue weighted by molar-refractivity contribution is 7.99. The molecular weight excluding hydrogens is 322 g/mol. The summed E-state index contributed by atoms with van der Waals surface area (Å²) < 4.78 is 0. The molecule has 22 heavy (non-hydrogen) atoms. The summed E-state index contributed by atoms with van der Waals surface area (Å²) in [6.07, 6.45) is 1.06. The highest BCUT2D eigenvalue weighted by atomic mass is 35.5. The van der Waals surface area contributed by atoms with E-state index in [9.17, 15) is 9.59 Å². The Labute approximate surface area is 141 Å². The second-order valence-electron chi connectivity index (χ2n) is 4.93. The third-order valence-corrected chi connectivity index (χ3v) is 4.24. The maximum atomic E-state index is 12.4. The highest BCUT2D eigenvalue weighted by Crippen LogP contribution is 2.16. The van der Waals surface area contributed by atoms with Crippen LogP contribution in [0.2, 0.25) is 0 Å². The number of rotatable bonds is 5. The molecule has 1 heterocycles. The van der Waals surface area contributed by atoms with Gasteiger partial charge in [0, 0.05) is 42.3 Å². The molecule has 2 rings (SSSR count). The zero-order valence-electron chi connectivity index (χ0n) is 12.4. The minimum atomic E-state index is -0.0700. The van der Waals surface area contributed by atoms with Gasteiger partial charge in [0.2, 0.25) is 5.91 Å². The van der Waals surface area contributed by atoms with Crippen LogP contribution in [-0.2, 0) is 4.79 Å². The van der Waals surface area contributed by atoms with Crippen LogP contribution in [0.4, 0.5) is 5.69 Å². The predicted octanol–water partition coefficient (Wildman–Crippen LogP) is 1.97. The molecule has 0 atom stereocenters. The van der Waals surface area contributed by atoms with E-state index < -0.39 is 0 Å². The van der Waals surface area contributed by atoms with E-state index in [4.69, 9.17) is 5.73 Å². The average molecular weight is 344 g/mol. The van der Waals surface area contributed by atoms with Crippen LogP contribution in [0.5, 0.6) is 0 Å². The lowest BCUT2D eigenvalue weighted by molar-refractivity contribution is -0.116. The molecule has 2 amide bonds. The van der Waals surface area contributed by atoms with E-state index in [0.717, 1.165) is 24.6 Å². The zero-order chi connectivity index (χ0) is 15.1. The van der Waals surface area contributed by atoms with Crippen molar-refractivity contribution in [3.63, 3.8) is 0 Å². The monoisotopic (exact) mass is 343 g/mol. The second-order valence-corrected chi connectivity index (χ2v) is 6.15. The zero-order valence-corrected chi connectivity index (χ0v) is 14.0. The smallest absolute Gasteiger partial charge is 0.253 e. The number of thioether (sulfide) groups is 1. The second kappa shape index (κ2) is 9.71. The number of nitrogens with two attached hydrogens (primary N) is 1. The first-order chi connectivity index (χ1) is 10.2. The number of halogens is 1. The van der Waals surface area contributed by atoms with Crippen LogP contribution in [0, 0.1) is 0 Å². The van der Waals surface area contributed by atoms with Gasteiger partial charge in [0.05, 0.1) is 0 Å². The van der Waals surface area contributed by atoms with Crippen LogP contribution in [0.25, 0.3) is 0 Å². The van der Waals surface area contributed by atoms with E-state index in [1.165, 1.54) is 0 Å². The number of anilines is 1. The fraction of sp³-hybridized carbons (Fsp3) is 0.467. The van der Waals surface area contributed by atoms with Crippen LogP contribution < -0.4 is 11.1 Å². The van der Waals surface area contributed by atoms with Gasteiger partial charge in [-0.1, -0.05) is 6.07 Å². The number of hydrogen-bond donors (Lipinski definition) is 2. The van der Waals surface area contributed by atoms with Crippen molar-refractivity contribution >= 4 is 41.7 Å². The van der Waals surface area contributed by atoms with Crippen LogP contribution >= 0.6 is 24.2 Å². The average Bonchev–Trinajstić information content (AvgIpc) is 2.53. The van der Waals surface area contributed by atoms with Gasteiger partial charge in [0.25, 0.3) is 5.91 Å². The quantitative estimate of drug-likeness (QED) is 0.857. The Bertz CT molecular complexity index is 507. The lowest BCUT2D eigenvalue weighted by atomic mass is 10.1. The van der Waals surface area contributed by atoms with Crippen molar-refractivity contribution in [2.24, 2.45) is 5.73 Å². The molecule has 5 nitrogen and oxygen atoms in total. The van der Waals surface area contributed by atoms with Crippen LogP contribution in [0.3, 0.4) is 0 Å². The van der Waals surface area contributed by atoms with E-state index in [1.807, 2.05) is 16.7 Å². The Kier molecular flexibility index (Phi) is 8.30.